The number of amides is 1. The average Bonchev–Trinajstić information content (AvgIpc) is 3.14. The summed E-state index contributed by atoms with van der Waals surface area (Å²) in [4.78, 5) is 16.3. The zero-order chi connectivity index (χ0) is 16.7. The highest BCUT2D eigenvalue weighted by Gasteiger charge is 2.26. The van der Waals surface area contributed by atoms with E-state index in [0.717, 1.165) is 22.4 Å². The van der Waals surface area contributed by atoms with Crippen LogP contribution in [0.2, 0.25) is 5.02 Å². The second-order valence-electron chi connectivity index (χ2n) is 5.36. The van der Waals surface area contributed by atoms with Crippen LogP contribution in [0.4, 0.5) is 11.7 Å². The average molecular weight is 339 g/mol. The van der Waals surface area contributed by atoms with Gasteiger partial charge in [0.05, 0.1) is 5.69 Å². The van der Waals surface area contributed by atoms with E-state index in [-0.39, 0.29) is 17.6 Å². The standard InChI is InChI=1S/C17H11ClN4O2/c1-9-2-7-13-12(8-9)14(15(23)19-13)20-17-22-21-16(24-17)10-3-5-11(18)6-4-10/h2-8H,1H3,(H,19,20,22,23). The van der Waals surface area contributed by atoms with Gasteiger partial charge in [0, 0.05) is 16.1 Å². The van der Waals surface area contributed by atoms with Gasteiger partial charge < -0.3 is 9.73 Å². The van der Waals surface area contributed by atoms with Crippen molar-refractivity contribution in [3.63, 3.8) is 0 Å². The van der Waals surface area contributed by atoms with E-state index >= 15 is 0 Å². The Morgan fingerprint density at radius 3 is 2.71 bits per heavy atom. The summed E-state index contributed by atoms with van der Waals surface area (Å²) in [6.45, 7) is 1.95. The molecule has 0 aliphatic carbocycles. The molecule has 1 aliphatic heterocycles. The Hall–Kier alpha value is -2.99. The summed E-state index contributed by atoms with van der Waals surface area (Å²) in [5.41, 5.74) is 3.48. The molecule has 0 bridgehead atoms. The zero-order valence-corrected chi connectivity index (χ0v) is 13.3. The number of rotatable bonds is 2. The van der Waals surface area contributed by atoms with Gasteiger partial charge in [-0.25, -0.2) is 0 Å². The molecule has 0 unspecified atom stereocenters. The highest BCUT2D eigenvalue weighted by Crippen LogP contribution is 2.28. The molecule has 1 N–H and O–H groups in total. The minimum absolute atomic E-state index is 0.0273. The second kappa shape index (κ2) is 5.58. The summed E-state index contributed by atoms with van der Waals surface area (Å²) in [7, 11) is 0. The fourth-order valence-corrected chi connectivity index (χ4v) is 2.57. The number of nitrogens with one attached hydrogen (secondary N) is 1. The number of carbonyl (C=O) groups excluding carboxylic acids is 1. The fraction of sp³-hybridized carbons (Fsp3) is 0.0588. The number of aromatic nitrogens is 2. The van der Waals surface area contributed by atoms with Gasteiger partial charge >= 0.3 is 6.01 Å². The summed E-state index contributed by atoms with van der Waals surface area (Å²) in [6.07, 6.45) is 0. The van der Waals surface area contributed by atoms with Crippen LogP contribution in [0.25, 0.3) is 11.5 Å². The van der Waals surface area contributed by atoms with Crippen molar-refractivity contribution in [1.29, 1.82) is 0 Å². The number of aliphatic imine (C=N–C) groups is 1. The van der Waals surface area contributed by atoms with E-state index in [0.29, 0.717) is 10.9 Å². The molecule has 1 aromatic heterocycles. The summed E-state index contributed by atoms with van der Waals surface area (Å²) in [6, 6.07) is 12.7. The van der Waals surface area contributed by atoms with Gasteiger partial charge in [-0.3, -0.25) is 4.79 Å². The van der Waals surface area contributed by atoms with Crippen molar-refractivity contribution in [3.05, 3.63) is 58.6 Å². The maximum Gasteiger partial charge on any atom is 0.343 e. The number of hydrogen-bond donors (Lipinski definition) is 1. The molecular weight excluding hydrogens is 328 g/mol. The molecule has 2 heterocycles. The van der Waals surface area contributed by atoms with Crippen LogP contribution in [0.1, 0.15) is 11.1 Å². The first-order valence-corrected chi connectivity index (χ1v) is 7.58. The van der Waals surface area contributed by atoms with Gasteiger partial charge in [0.15, 0.2) is 0 Å². The highest BCUT2D eigenvalue weighted by molar-refractivity contribution is 6.54. The molecule has 24 heavy (non-hydrogen) atoms. The van der Waals surface area contributed by atoms with Crippen LogP contribution >= 0.6 is 11.6 Å². The number of nitrogens with zero attached hydrogens (tertiary/aromatic N) is 3. The number of anilines is 1. The van der Waals surface area contributed by atoms with Gasteiger partial charge in [-0.15, -0.1) is 5.10 Å². The van der Waals surface area contributed by atoms with E-state index in [9.17, 15) is 4.79 Å². The monoisotopic (exact) mass is 338 g/mol. The van der Waals surface area contributed by atoms with Gasteiger partial charge in [-0.05, 0) is 43.3 Å². The Morgan fingerprint density at radius 1 is 1.12 bits per heavy atom. The van der Waals surface area contributed by atoms with Crippen LogP contribution in [0, 0.1) is 6.92 Å². The Bertz CT molecular complexity index is 977. The predicted molar refractivity (Wildman–Crippen MR) is 90.7 cm³/mol. The van der Waals surface area contributed by atoms with Crippen molar-refractivity contribution in [3.8, 4) is 11.5 Å². The maximum absolute atomic E-state index is 12.1. The number of benzene rings is 2. The predicted octanol–water partition coefficient (Wildman–Crippen LogP) is 3.77. The zero-order valence-electron chi connectivity index (χ0n) is 12.6. The molecule has 1 amide bonds. The van der Waals surface area contributed by atoms with Gasteiger partial charge in [0.25, 0.3) is 5.91 Å². The molecule has 3 aromatic rings. The minimum Gasteiger partial charge on any atom is -0.402 e. The van der Waals surface area contributed by atoms with Crippen molar-refractivity contribution in [2.24, 2.45) is 4.99 Å². The van der Waals surface area contributed by atoms with E-state index in [2.05, 4.69) is 20.5 Å². The molecule has 2 aromatic carbocycles. The molecule has 6 nitrogen and oxygen atoms in total. The van der Waals surface area contributed by atoms with E-state index in [4.69, 9.17) is 16.0 Å². The Labute approximate surface area is 142 Å². The lowest BCUT2D eigenvalue weighted by molar-refractivity contribution is -0.110. The number of fused-ring (bicyclic) bond motifs is 1. The molecule has 0 saturated heterocycles. The number of aryl methyl sites for hydroxylation is 1. The first-order chi connectivity index (χ1) is 11.6. The smallest absolute Gasteiger partial charge is 0.343 e. The van der Waals surface area contributed by atoms with Gasteiger partial charge in [0.1, 0.15) is 5.71 Å². The third-order valence-electron chi connectivity index (χ3n) is 3.61. The molecule has 0 saturated carbocycles. The summed E-state index contributed by atoms with van der Waals surface area (Å²) in [5, 5.41) is 11.2. The maximum atomic E-state index is 12.1. The SMILES string of the molecule is Cc1ccc2c(c1)/C(=N\c1nnc(-c3ccc(Cl)cc3)o1)C(=O)N2. The summed E-state index contributed by atoms with van der Waals surface area (Å²) < 4.78 is 5.53. The molecule has 4 rings (SSSR count). The van der Waals surface area contributed by atoms with Crippen molar-refractivity contribution in [2.45, 2.75) is 6.92 Å². The van der Waals surface area contributed by atoms with E-state index in [1.165, 1.54) is 0 Å². The summed E-state index contributed by atoms with van der Waals surface area (Å²) >= 11 is 5.86. The lowest BCUT2D eigenvalue weighted by Crippen LogP contribution is -2.13. The fourth-order valence-electron chi connectivity index (χ4n) is 2.44. The third kappa shape index (κ3) is 2.57. The Morgan fingerprint density at radius 2 is 1.92 bits per heavy atom. The van der Waals surface area contributed by atoms with E-state index in [1.807, 2.05) is 25.1 Å². The van der Waals surface area contributed by atoms with Crippen molar-refractivity contribution in [2.75, 3.05) is 5.32 Å². The first-order valence-electron chi connectivity index (χ1n) is 7.21. The van der Waals surface area contributed by atoms with Crippen LogP contribution in [-0.4, -0.2) is 21.8 Å². The first kappa shape index (κ1) is 14.6. The van der Waals surface area contributed by atoms with Gasteiger partial charge in [-0.1, -0.05) is 28.3 Å². The molecule has 0 radical (unpaired) electrons. The second-order valence-corrected chi connectivity index (χ2v) is 5.80. The number of carbonyl (C=O) groups is 1. The van der Waals surface area contributed by atoms with Crippen molar-refractivity contribution in [1.82, 2.24) is 10.2 Å². The normalized spacial score (nSPS) is 14.8. The van der Waals surface area contributed by atoms with Crippen LogP contribution in [0.5, 0.6) is 0 Å². The largest absolute Gasteiger partial charge is 0.402 e. The third-order valence-corrected chi connectivity index (χ3v) is 3.86. The van der Waals surface area contributed by atoms with Crippen LogP contribution in [0.3, 0.4) is 0 Å². The molecule has 0 spiro atoms. The lowest BCUT2D eigenvalue weighted by Gasteiger charge is -1.98. The Balaban J connectivity index is 1.71. The minimum atomic E-state index is -0.290. The van der Waals surface area contributed by atoms with E-state index < -0.39 is 0 Å². The number of hydrogen-bond acceptors (Lipinski definition) is 5. The topological polar surface area (TPSA) is 80.4 Å². The molecule has 118 valence electrons. The van der Waals surface area contributed by atoms with Gasteiger partial charge in [0.2, 0.25) is 5.89 Å². The van der Waals surface area contributed by atoms with Crippen molar-refractivity contribution >= 4 is 34.9 Å². The molecular formula is C17H11ClN4O2. The molecule has 0 fully saturated rings. The van der Waals surface area contributed by atoms with Gasteiger partial charge in [-0.2, -0.15) is 4.99 Å². The molecule has 7 heteroatoms. The number of halogens is 1. The Kier molecular flexibility index (Phi) is 3.39. The molecule has 1 aliphatic rings. The van der Waals surface area contributed by atoms with E-state index in [1.54, 1.807) is 24.3 Å². The van der Waals surface area contributed by atoms with Crippen LogP contribution < -0.4 is 5.32 Å². The lowest BCUT2D eigenvalue weighted by atomic mass is 10.1. The van der Waals surface area contributed by atoms with Crippen LogP contribution in [-0.2, 0) is 4.79 Å². The molecule has 0 atom stereocenters. The van der Waals surface area contributed by atoms with Crippen LogP contribution in [0.15, 0.2) is 51.9 Å². The van der Waals surface area contributed by atoms with Crippen molar-refractivity contribution < 1.29 is 9.21 Å². The quantitative estimate of drug-likeness (QED) is 0.771. The summed E-state index contributed by atoms with van der Waals surface area (Å²) in [5.74, 6) is 0.0238. The highest BCUT2D eigenvalue weighted by atomic mass is 35.5.